The fraction of sp³-hybridized carbons (Fsp3) is 0.417. The van der Waals surface area contributed by atoms with Crippen molar-refractivity contribution in [3.63, 3.8) is 0 Å². The number of benzene rings is 1. The van der Waals surface area contributed by atoms with Gasteiger partial charge in [0.05, 0.1) is 12.2 Å². The Balaban J connectivity index is 2.61. The summed E-state index contributed by atoms with van der Waals surface area (Å²) in [6.45, 7) is 0.133. The largest absolute Gasteiger partial charge is 0.480 e. The molecule has 0 saturated heterocycles. The van der Waals surface area contributed by atoms with Crippen molar-refractivity contribution in [1.82, 2.24) is 5.32 Å². The summed E-state index contributed by atoms with van der Waals surface area (Å²) >= 11 is 0. The van der Waals surface area contributed by atoms with E-state index in [-0.39, 0.29) is 13.2 Å². The smallest absolute Gasteiger partial charge is 0.416 e. The molecule has 1 aromatic carbocycles. The fourth-order valence-corrected chi connectivity index (χ4v) is 1.44. The zero-order chi connectivity index (χ0) is 14.5. The van der Waals surface area contributed by atoms with Crippen molar-refractivity contribution in [2.45, 2.75) is 18.8 Å². The molecule has 0 saturated carbocycles. The zero-order valence-electron chi connectivity index (χ0n) is 10.2. The van der Waals surface area contributed by atoms with E-state index in [1.165, 1.54) is 19.2 Å². The minimum absolute atomic E-state index is 0.0179. The Kier molecular flexibility index (Phi) is 5.31. The van der Waals surface area contributed by atoms with E-state index in [4.69, 9.17) is 9.84 Å². The maximum absolute atomic E-state index is 12.3. The average Bonchev–Trinajstić information content (AvgIpc) is 2.33. The number of carbonyl (C=O) groups is 1. The molecule has 7 heteroatoms. The van der Waals surface area contributed by atoms with E-state index in [0.29, 0.717) is 5.56 Å². The maximum atomic E-state index is 12.3. The van der Waals surface area contributed by atoms with Crippen molar-refractivity contribution in [1.29, 1.82) is 0 Å². The van der Waals surface area contributed by atoms with E-state index in [9.17, 15) is 18.0 Å². The highest BCUT2D eigenvalue weighted by atomic mass is 19.4. The first-order valence-corrected chi connectivity index (χ1v) is 5.46. The summed E-state index contributed by atoms with van der Waals surface area (Å²) in [5, 5.41) is 11.5. The molecule has 0 spiro atoms. The predicted molar refractivity (Wildman–Crippen MR) is 61.6 cm³/mol. The van der Waals surface area contributed by atoms with Gasteiger partial charge in [-0.05, 0) is 17.7 Å². The lowest BCUT2D eigenvalue weighted by Crippen LogP contribution is -2.39. The molecule has 2 N–H and O–H groups in total. The second-order valence-electron chi connectivity index (χ2n) is 3.92. The third kappa shape index (κ3) is 4.88. The summed E-state index contributed by atoms with van der Waals surface area (Å²) in [6.07, 6.45) is -4.37. The van der Waals surface area contributed by atoms with Gasteiger partial charge in [-0.2, -0.15) is 13.2 Å². The topological polar surface area (TPSA) is 58.6 Å². The van der Waals surface area contributed by atoms with Crippen LogP contribution in [0.25, 0.3) is 0 Å². The van der Waals surface area contributed by atoms with Gasteiger partial charge < -0.3 is 9.84 Å². The van der Waals surface area contributed by atoms with E-state index in [1.54, 1.807) is 0 Å². The molecular weight excluding hydrogens is 263 g/mol. The average molecular weight is 277 g/mol. The second-order valence-corrected chi connectivity index (χ2v) is 3.92. The van der Waals surface area contributed by atoms with Crippen molar-refractivity contribution in [3.05, 3.63) is 35.4 Å². The Morgan fingerprint density at radius 3 is 2.37 bits per heavy atom. The van der Waals surface area contributed by atoms with Crippen LogP contribution >= 0.6 is 0 Å². The van der Waals surface area contributed by atoms with Crippen LogP contribution in [0.1, 0.15) is 11.1 Å². The molecule has 1 aromatic rings. The van der Waals surface area contributed by atoms with E-state index >= 15 is 0 Å². The standard InChI is InChI=1S/C12H14F3NO3/c1-19-7-10(11(17)18)16-6-8-2-4-9(5-3-8)12(13,14)15/h2-5,10,16H,6-7H2,1H3,(H,17,18). The lowest BCUT2D eigenvalue weighted by Gasteiger charge is -2.13. The van der Waals surface area contributed by atoms with Crippen LogP contribution < -0.4 is 5.32 Å². The fourth-order valence-electron chi connectivity index (χ4n) is 1.44. The zero-order valence-corrected chi connectivity index (χ0v) is 10.2. The van der Waals surface area contributed by atoms with Crippen LogP contribution in [-0.2, 0) is 22.3 Å². The molecule has 0 heterocycles. The maximum Gasteiger partial charge on any atom is 0.416 e. The van der Waals surface area contributed by atoms with Crippen LogP contribution in [0.5, 0.6) is 0 Å². The summed E-state index contributed by atoms with van der Waals surface area (Å²) in [6, 6.07) is 3.64. The Bertz CT molecular complexity index is 417. The summed E-state index contributed by atoms with van der Waals surface area (Å²) in [5.41, 5.74) is -0.168. The highest BCUT2D eigenvalue weighted by molar-refractivity contribution is 5.73. The molecule has 0 amide bonds. The number of nitrogens with one attached hydrogen (secondary N) is 1. The first kappa shape index (κ1) is 15.5. The number of hydrogen-bond acceptors (Lipinski definition) is 3. The SMILES string of the molecule is COCC(NCc1ccc(C(F)(F)F)cc1)C(=O)O. The molecule has 4 nitrogen and oxygen atoms in total. The molecule has 1 unspecified atom stereocenters. The van der Waals surface area contributed by atoms with Crippen molar-refractivity contribution in [2.75, 3.05) is 13.7 Å². The van der Waals surface area contributed by atoms with Gasteiger partial charge in [-0.15, -0.1) is 0 Å². The Hall–Kier alpha value is -1.60. The van der Waals surface area contributed by atoms with Gasteiger partial charge in [0.15, 0.2) is 0 Å². The summed E-state index contributed by atoms with van der Waals surface area (Å²) in [4.78, 5) is 10.8. The molecule has 0 aliphatic rings. The molecule has 1 atom stereocenters. The van der Waals surface area contributed by atoms with Crippen molar-refractivity contribution in [2.24, 2.45) is 0 Å². The number of rotatable bonds is 6. The van der Waals surface area contributed by atoms with Crippen LogP contribution in [0.3, 0.4) is 0 Å². The molecule has 106 valence electrons. The number of carboxylic acids is 1. The summed E-state index contributed by atoms with van der Waals surface area (Å²) in [5.74, 6) is -1.08. The quantitative estimate of drug-likeness (QED) is 0.833. The molecule has 0 radical (unpaired) electrons. The number of ether oxygens (including phenoxy) is 1. The Morgan fingerprint density at radius 2 is 1.95 bits per heavy atom. The third-order valence-electron chi connectivity index (χ3n) is 2.47. The lowest BCUT2D eigenvalue weighted by molar-refractivity contribution is -0.141. The lowest BCUT2D eigenvalue weighted by atomic mass is 10.1. The molecule has 0 fully saturated rings. The molecule has 0 aromatic heterocycles. The third-order valence-corrected chi connectivity index (χ3v) is 2.47. The van der Waals surface area contributed by atoms with Gasteiger partial charge in [-0.1, -0.05) is 12.1 Å². The van der Waals surface area contributed by atoms with E-state index in [0.717, 1.165) is 12.1 Å². The van der Waals surface area contributed by atoms with Gasteiger partial charge >= 0.3 is 12.1 Å². The van der Waals surface area contributed by atoms with Gasteiger partial charge in [0.2, 0.25) is 0 Å². The van der Waals surface area contributed by atoms with Crippen LogP contribution in [0, 0.1) is 0 Å². The first-order chi connectivity index (χ1) is 8.84. The van der Waals surface area contributed by atoms with Crippen LogP contribution in [0.2, 0.25) is 0 Å². The molecule has 19 heavy (non-hydrogen) atoms. The van der Waals surface area contributed by atoms with Crippen molar-refractivity contribution in [3.8, 4) is 0 Å². The Labute approximate surface area is 108 Å². The number of methoxy groups -OCH3 is 1. The van der Waals surface area contributed by atoms with E-state index in [1.807, 2.05) is 0 Å². The predicted octanol–water partition coefficient (Wildman–Crippen LogP) is 1.89. The summed E-state index contributed by atoms with van der Waals surface area (Å²) in [7, 11) is 1.37. The van der Waals surface area contributed by atoms with E-state index in [2.05, 4.69) is 5.32 Å². The van der Waals surface area contributed by atoms with Crippen LogP contribution in [0.15, 0.2) is 24.3 Å². The molecular formula is C12H14F3NO3. The van der Waals surface area contributed by atoms with Crippen LogP contribution in [-0.4, -0.2) is 30.8 Å². The highest BCUT2D eigenvalue weighted by Crippen LogP contribution is 2.28. The minimum atomic E-state index is -4.37. The van der Waals surface area contributed by atoms with Gasteiger partial charge in [-0.3, -0.25) is 10.1 Å². The molecule has 0 aliphatic carbocycles. The number of hydrogen-bond donors (Lipinski definition) is 2. The Morgan fingerprint density at radius 1 is 1.37 bits per heavy atom. The highest BCUT2D eigenvalue weighted by Gasteiger charge is 2.29. The first-order valence-electron chi connectivity index (χ1n) is 5.46. The molecule has 0 bridgehead atoms. The van der Waals surface area contributed by atoms with Gasteiger partial charge in [-0.25, -0.2) is 0 Å². The molecule has 1 rings (SSSR count). The van der Waals surface area contributed by atoms with Gasteiger partial charge in [0.25, 0.3) is 0 Å². The summed E-state index contributed by atoms with van der Waals surface area (Å²) < 4.78 is 41.7. The van der Waals surface area contributed by atoms with Crippen LogP contribution in [0.4, 0.5) is 13.2 Å². The number of aliphatic carboxylic acids is 1. The number of halogens is 3. The van der Waals surface area contributed by atoms with Crippen molar-refractivity contribution >= 4 is 5.97 Å². The number of carboxylic acid groups (broad SMARTS) is 1. The molecule has 0 aliphatic heterocycles. The monoisotopic (exact) mass is 277 g/mol. The van der Waals surface area contributed by atoms with Gasteiger partial charge in [0.1, 0.15) is 6.04 Å². The van der Waals surface area contributed by atoms with E-state index < -0.39 is 23.8 Å². The second kappa shape index (κ2) is 6.53. The number of alkyl halides is 3. The van der Waals surface area contributed by atoms with Gasteiger partial charge in [0, 0.05) is 13.7 Å². The minimum Gasteiger partial charge on any atom is -0.480 e. The normalized spacial score (nSPS) is 13.3. The van der Waals surface area contributed by atoms with Crippen molar-refractivity contribution < 1.29 is 27.8 Å².